The molecule has 0 atom stereocenters. The summed E-state index contributed by atoms with van der Waals surface area (Å²) in [5.74, 6) is 0.371. The minimum absolute atomic E-state index is 0.0558. The summed E-state index contributed by atoms with van der Waals surface area (Å²) in [4.78, 5) is 28.5. The zero-order valence-electron chi connectivity index (χ0n) is 16.1. The summed E-state index contributed by atoms with van der Waals surface area (Å²) in [6, 6.07) is 16.7. The molecule has 0 aliphatic rings. The van der Waals surface area contributed by atoms with Crippen molar-refractivity contribution < 1.29 is 14.3 Å². The average Bonchev–Trinajstić information content (AvgIpc) is 2.68. The van der Waals surface area contributed by atoms with Crippen LogP contribution >= 0.6 is 0 Å². The SMILES string of the molecule is CCCN(CC(=O)Nc1ccccc1OC)CC(=O)N(C)c1ccccc1. The first kappa shape index (κ1) is 20.5. The molecule has 1 N–H and O–H groups in total. The van der Waals surface area contributed by atoms with E-state index in [9.17, 15) is 9.59 Å². The van der Waals surface area contributed by atoms with Gasteiger partial charge >= 0.3 is 0 Å². The van der Waals surface area contributed by atoms with Gasteiger partial charge in [-0.25, -0.2) is 0 Å². The number of amides is 2. The molecule has 0 spiro atoms. The van der Waals surface area contributed by atoms with E-state index in [0.717, 1.165) is 12.1 Å². The third kappa shape index (κ3) is 6.11. The molecule has 0 saturated heterocycles. The minimum atomic E-state index is -0.178. The number of hydrogen-bond donors (Lipinski definition) is 1. The van der Waals surface area contributed by atoms with E-state index < -0.39 is 0 Å². The van der Waals surface area contributed by atoms with Gasteiger partial charge in [0.05, 0.1) is 25.9 Å². The molecule has 0 heterocycles. The molecule has 2 amide bonds. The largest absolute Gasteiger partial charge is 0.495 e. The summed E-state index contributed by atoms with van der Waals surface area (Å²) in [5.41, 5.74) is 1.45. The maximum atomic E-state index is 12.6. The van der Waals surface area contributed by atoms with Crippen LogP contribution in [-0.4, -0.2) is 50.5 Å². The minimum Gasteiger partial charge on any atom is -0.495 e. The van der Waals surface area contributed by atoms with Crippen molar-refractivity contribution in [3.63, 3.8) is 0 Å². The van der Waals surface area contributed by atoms with Crippen LogP contribution in [0.3, 0.4) is 0 Å². The van der Waals surface area contributed by atoms with Gasteiger partial charge in [0, 0.05) is 12.7 Å². The monoisotopic (exact) mass is 369 g/mol. The quantitative estimate of drug-likeness (QED) is 0.738. The van der Waals surface area contributed by atoms with Gasteiger partial charge in [-0.2, -0.15) is 0 Å². The number of hydrogen-bond acceptors (Lipinski definition) is 4. The molecular weight excluding hydrogens is 342 g/mol. The van der Waals surface area contributed by atoms with E-state index >= 15 is 0 Å². The fourth-order valence-corrected chi connectivity index (χ4v) is 2.76. The second-order valence-corrected chi connectivity index (χ2v) is 6.25. The summed E-state index contributed by atoms with van der Waals surface area (Å²) in [7, 11) is 3.31. The molecule has 0 aliphatic heterocycles. The molecule has 6 heteroatoms. The normalized spacial score (nSPS) is 10.5. The van der Waals surface area contributed by atoms with Crippen LogP contribution in [0.2, 0.25) is 0 Å². The highest BCUT2D eigenvalue weighted by Gasteiger charge is 2.18. The third-order valence-corrected chi connectivity index (χ3v) is 4.16. The Morgan fingerprint density at radius 2 is 1.67 bits per heavy atom. The zero-order chi connectivity index (χ0) is 19.6. The van der Waals surface area contributed by atoms with Crippen LogP contribution < -0.4 is 15.0 Å². The fourth-order valence-electron chi connectivity index (χ4n) is 2.76. The van der Waals surface area contributed by atoms with E-state index in [2.05, 4.69) is 5.32 Å². The lowest BCUT2D eigenvalue weighted by atomic mass is 10.2. The molecule has 0 aromatic heterocycles. The van der Waals surface area contributed by atoms with Crippen LogP contribution in [0, 0.1) is 0 Å². The molecule has 2 aromatic carbocycles. The molecular formula is C21H27N3O3. The lowest BCUT2D eigenvalue weighted by Gasteiger charge is -2.24. The van der Waals surface area contributed by atoms with Crippen molar-refractivity contribution in [1.82, 2.24) is 4.90 Å². The lowest BCUT2D eigenvalue weighted by Crippen LogP contribution is -2.42. The Bertz CT molecular complexity index is 749. The molecule has 27 heavy (non-hydrogen) atoms. The van der Waals surface area contributed by atoms with Gasteiger partial charge in [0.2, 0.25) is 11.8 Å². The summed E-state index contributed by atoms with van der Waals surface area (Å²) < 4.78 is 5.25. The Labute approximate surface area is 160 Å². The Morgan fingerprint density at radius 3 is 2.33 bits per heavy atom. The maximum absolute atomic E-state index is 12.6. The summed E-state index contributed by atoms with van der Waals surface area (Å²) in [6.45, 7) is 3.00. The number of carbonyl (C=O) groups excluding carboxylic acids is 2. The molecule has 0 aliphatic carbocycles. The highest BCUT2D eigenvalue weighted by Crippen LogP contribution is 2.22. The predicted octanol–water partition coefficient (Wildman–Crippen LogP) is 3.01. The average molecular weight is 369 g/mol. The van der Waals surface area contributed by atoms with Gasteiger partial charge in [0.1, 0.15) is 5.75 Å². The molecule has 0 saturated carbocycles. The Hall–Kier alpha value is -2.86. The molecule has 0 unspecified atom stereocenters. The van der Waals surface area contributed by atoms with Gasteiger partial charge in [-0.15, -0.1) is 0 Å². The van der Waals surface area contributed by atoms with Gasteiger partial charge in [0.25, 0.3) is 0 Å². The van der Waals surface area contributed by atoms with Gasteiger partial charge in [-0.3, -0.25) is 14.5 Å². The molecule has 2 rings (SSSR count). The van der Waals surface area contributed by atoms with E-state index in [4.69, 9.17) is 4.74 Å². The van der Waals surface area contributed by atoms with Crippen molar-refractivity contribution in [2.24, 2.45) is 0 Å². The Balaban J connectivity index is 1.98. The molecule has 0 bridgehead atoms. The summed E-state index contributed by atoms with van der Waals surface area (Å²) >= 11 is 0. The first-order valence-corrected chi connectivity index (χ1v) is 9.02. The van der Waals surface area contributed by atoms with Crippen LogP contribution in [0.1, 0.15) is 13.3 Å². The van der Waals surface area contributed by atoms with Crippen molar-refractivity contribution in [1.29, 1.82) is 0 Å². The highest BCUT2D eigenvalue weighted by atomic mass is 16.5. The lowest BCUT2D eigenvalue weighted by molar-refractivity contribution is -0.121. The van der Waals surface area contributed by atoms with Crippen LogP contribution in [0.15, 0.2) is 54.6 Å². The van der Waals surface area contributed by atoms with Crippen LogP contribution in [0.5, 0.6) is 5.75 Å². The number of para-hydroxylation sites is 3. The number of anilines is 2. The van der Waals surface area contributed by atoms with Gasteiger partial charge in [-0.1, -0.05) is 37.3 Å². The number of ether oxygens (including phenoxy) is 1. The van der Waals surface area contributed by atoms with Crippen LogP contribution in [0.25, 0.3) is 0 Å². The molecule has 6 nitrogen and oxygen atoms in total. The second kappa shape index (κ2) is 10.3. The number of benzene rings is 2. The number of rotatable bonds is 9. The number of methoxy groups -OCH3 is 1. The van der Waals surface area contributed by atoms with E-state index in [1.165, 1.54) is 0 Å². The number of carbonyl (C=O) groups is 2. The fraction of sp³-hybridized carbons (Fsp3) is 0.333. The van der Waals surface area contributed by atoms with Gasteiger partial charge in [0.15, 0.2) is 0 Å². The van der Waals surface area contributed by atoms with E-state index in [-0.39, 0.29) is 24.9 Å². The van der Waals surface area contributed by atoms with Crippen molar-refractivity contribution in [2.75, 3.05) is 44.0 Å². The number of nitrogens with one attached hydrogen (secondary N) is 1. The van der Waals surface area contributed by atoms with Crippen molar-refractivity contribution >= 4 is 23.2 Å². The zero-order valence-corrected chi connectivity index (χ0v) is 16.1. The molecule has 0 radical (unpaired) electrons. The highest BCUT2D eigenvalue weighted by molar-refractivity contribution is 5.96. The number of nitrogens with zero attached hydrogens (tertiary/aromatic N) is 2. The second-order valence-electron chi connectivity index (χ2n) is 6.25. The third-order valence-electron chi connectivity index (χ3n) is 4.16. The Morgan fingerprint density at radius 1 is 1.00 bits per heavy atom. The smallest absolute Gasteiger partial charge is 0.240 e. The Kier molecular flexibility index (Phi) is 7.82. The topological polar surface area (TPSA) is 61.9 Å². The standard InChI is InChI=1S/C21H27N3O3/c1-4-14-24(16-21(26)23(2)17-10-6-5-7-11-17)15-20(25)22-18-12-8-9-13-19(18)27-3/h5-13H,4,14-16H2,1-3H3,(H,22,25). The summed E-state index contributed by atoms with van der Waals surface area (Å²) in [6.07, 6.45) is 0.851. The first-order chi connectivity index (χ1) is 13.0. The van der Waals surface area contributed by atoms with Gasteiger partial charge < -0.3 is 15.0 Å². The molecule has 0 fully saturated rings. The van der Waals surface area contributed by atoms with Crippen molar-refractivity contribution in [2.45, 2.75) is 13.3 Å². The van der Waals surface area contributed by atoms with E-state index in [1.807, 2.05) is 54.3 Å². The predicted molar refractivity (Wildman–Crippen MR) is 108 cm³/mol. The van der Waals surface area contributed by atoms with Gasteiger partial charge in [-0.05, 0) is 37.2 Å². The molecule has 144 valence electrons. The summed E-state index contributed by atoms with van der Waals surface area (Å²) in [5, 5.41) is 2.85. The molecule has 2 aromatic rings. The van der Waals surface area contributed by atoms with Crippen LogP contribution in [-0.2, 0) is 9.59 Å². The number of likely N-dealkylation sites (N-methyl/N-ethyl adjacent to an activating group) is 1. The van der Waals surface area contributed by atoms with E-state index in [1.54, 1.807) is 31.2 Å². The van der Waals surface area contributed by atoms with Crippen molar-refractivity contribution in [3.05, 3.63) is 54.6 Å². The maximum Gasteiger partial charge on any atom is 0.240 e. The van der Waals surface area contributed by atoms with Crippen molar-refractivity contribution in [3.8, 4) is 5.75 Å². The van der Waals surface area contributed by atoms with Crippen LogP contribution in [0.4, 0.5) is 11.4 Å². The van der Waals surface area contributed by atoms with E-state index in [0.29, 0.717) is 18.0 Å². The first-order valence-electron chi connectivity index (χ1n) is 9.02.